The minimum Gasteiger partial charge on any atom is -0.497 e. The van der Waals surface area contributed by atoms with Crippen molar-refractivity contribution in [3.8, 4) is 5.75 Å². The number of methoxy groups -OCH3 is 1. The number of carbonyl (C=O) groups is 2. The first-order chi connectivity index (χ1) is 11.6. The van der Waals surface area contributed by atoms with Crippen LogP contribution in [-0.4, -0.2) is 23.9 Å². The van der Waals surface area contributed by atoms with Gasteiger partial charge >= 0.3 is 0 Å². The SMILES string of the molecule is COc1ccc2c(C(=O)Nc3ccc(NC(C)=O)cc3)c[nH]c2c1. The zero-order valence-corrected chi connectivity index (χ0v) is 13.3. The zero-order chi connectivity index (χ0) is 17.1. The topological polar surface area (TPSA) is 83.2 Å². The molecule has 0 spiro atoms. The molecule has 0 saturated carbocycles. The molecule has 0 aliphatic heterocycles. The van der Waals surface area contributed by atoms with Gasteiger partial charge in [-0.15, -0.1) is 0 Å². The lowest BCUT2D eigenvalue weighted by molar-refractivity contribution is -0.114. The monoisotopic (exact) mass is 323 g/mol. The predicted octanol–water partition coefficient (Wildman–Crippen LogP) is 3.39. The second-order valence-corrected chi connectivity index (χ2v) is 5.33. The van der Waals surface area contributed by atoms with E-state index in [0.717, 1.165) is 16.7 Å². The van der Waals surface area contributed by atoms with E-state index in [0.29, 0.717) is 16.9 Å². The van der Waals surface area contributed by atoms with Crippen LogP contribution in [0.2, 0.25) is 0 Å². The Labute approximate surface area is 138 Å². The number of ether oxygens (including phenoxy) is 1. The van der Waals surface area contributed by atoms with Gasteiger partial charge in [0.2, 0.25) is 5.91 Å². The molecular weight excluding hydrogens is 306 g/mol. The van der Waals surface area contributed by atoms with E-state index in [-0.39, 0.29) is 11.8 Å². The zero-order valence-electron chi connectivity index (χ0n) is 13.3. The highest BCUT2D eigenvalue weighted by Gasteiger charge is 2.12. The van der Waals surface area contributed by atoms with Crippen LogP contribution in [-0.2, 0) is 4.79 Å². The summed E-state index contributed by atoms with van der Waals surface area (Å²) in [4.78, 5) is 26.6. The average molecular weight is 323 g/mol. The van der Waals surface area contributed by atoms with Crippen LogP contribution >= 0.6 is 0 Å². The maximum Gasteiger partial charge on any atom is 0.257 e. The lowest BCUT2D eigenvalue weighted by Gasteiger charge is -2.06. The van der Waals surface area contributed by atoms with E-state index in [1.54, 1.807) is 37.6 Å². The van der Waals surface area contributed by atoms with Gasteiger partial charge in [0, 0.05) is 41.5 Å². The molecule has 0 fully saturated rings. The molecule has 122 valence electrons. The number of rotatable bonds is 4. The number of hydrogen-bond donors (Lipinski definition) is 3. The Morgan fingerprint density at radius 3 is 2.29 bits per heavy atom. The molecule has 2 amide bonds. The molecule has 0 saturated heterocycles. The summed E-state index contributed by atoms with van der Waals surface area (Å²) in [6.07, 6.45) is 1.67. The number of aromatic amines is 1. The van der Waals surface area contributed by atoms with Crippen LogP contribution in [0.15, 0.2) is 48.7 Å². The van der Waals surface area contributed by atoms with Crippen molar-refractivity contribution in [2.75, 3.05) is 17.7 Å². The molecule has 2 aromatic carbocycles. The van der Waals surface area contributed by atoms with Crippen LogP contribution in [0.4, 0.5) is 11.4 Å². The Hall–Kier alpha value is -3.28. The molecular formula is C18H17N3O3. The largest absolute Gasteiger partial charge is 0.497 e. The summed E-state index contributed by atoms with van der Waals surface area (Å²) in [6.45, 7) is 1.45. The number of H-pyrrole nitrogens is 1. The van der Waals surface area contributed by atoms with Gasteiger partial charge in [-0.05, 0) is 36.4 Å². The Kier molecular flexibility index (Phi) is 4.20. The van der Waals surface area contributed by atoms with Crippen molar-refractivity contribution in [1.82, 2.24) is 4.98 Å². The third-order valence-electron chi connectivity index (χ3n) is 3.60. The summed E-state index contributed by atoms with van der Waals surface area (Å²) in [7, 11) is 1.60. The minimum atomic E-state index is -0.210. The van der Waals surface area contributed by atoms with Gasteiger partial charge in [-0.25, -0.2) is 0 Å². The van der Waals surface area contributed by atoms with Crippen LogP contribution in [0, 0.1) is 0 Å². The smallest absolute Gasteiger partial charge is 0.257 e. The Morgan fingerprint density at radius 1 is 1.00 bits per heavy atom. The standard InChI is InChI=1S/C18H17N3O3/c1-11(22)20-12-3-5-13(6-4-12)21-18(23)16-10-19-17-9-14(24-2)7-8-15(16)17/h3-10,19H,1-2H3,(H,20,22)(H,21,23). The van der Waals surface area contributed by atoms with E-state index < -0.39 is 0 Å². The van der Waals surface area contributed by atoms with Gasteiger partial charge in [0.1, 0.15) is 5.75 Å². The lowest BCUT2D eigenvalue weighted by atomic mass is 10.1. The molecule has 3 aromatic rings. The first kappa shape index (κ1) is 15.6. The van der Waals surface area contributed by atoms with E-state index in [4.69, 9.17) is 4.74 Å². The molecule has 6 heteroatoms. The molecule has 1 heterocycles. The van der Waals surface area contributed by atoms with Gasteiger partial charge in [-0.1, -0.05) is 0 Å². The second-order valence-electron chi connectivity index (χ2n) is 5.33. The predicted molar refractivity (Wildman–Crippen MR) is 93.5 cm³/mol. The maximum atomic E-state index is 12.5. The molecule has 0 radical (unpaired) electrons. The molecule has 3 N–H and O–H groups in total. The van der Waals surface area contributed by atoms with E-state index >= 15 is 0 Å². The molecule has 0 aliphatic rings. The number of amides is 2. The van der Waals surface area contributed by atoms with E-state index in [1.165, 1.54) is 6.92 Å². The highest BCUT2D eigenvalue weighted by Crippen LogP contribution is 2.24. The number of nitrogens with one attached hydrogen (secondary N) is 3. The summed E-state index contributed by atoms with van der Waals surface area (Å²) in [5.74, 6) is 0.379. The summed E-state index contributed by atoms with van der Waals surface area (Å²) < 4.78 is 5.18. The Bertz CT molecular complexity index is 898. The third kappa shape index (κ3) is 3.22. The van der Waals surface area contributed by atoms with E-state index in [2.05, 4.69) is 15.6 Å². The Balaban J connectivity index is 1.78. The number of carbonyl (C=O) groups excluding carboxylic acids is 2. The molecule has 0 unspecified atom stereocenters. The van der Waals surface area contributed by atoms with Gasteiger partial charge in [0.05, 0.1) is 12.7 Å². The molecule has 1 aromatic heterocycles. The van der Waals surface area contributed by atoms with Crippen LogP contribution in [0.25, 0.3) is 10.9 Å². The van der Waals surface area contributed by atoms with Crippen molar-refractivity contribution in [2.45, 2.75) is 6.92 Å². The summed E-state index contributed by atoms with van der Waals surface area (Å²) in [5.41, 5.74) is 2.72. The van der Waals surface area contributed by atoms with Crippen molar-refractivity contribution >= 4 is 34.1 Å². The first-order valence-electron chi connectivity index (χ1n) is 7.41. The van der Waals surface area contributed by atoms with E-state index in [1.807, 2.05) is 18.2 Å². The number of fused-ring (bicyclic) bond motifs is 1. The van der Waals surface area contributed by atoms with Crippen LogP contribution in [0.5, 0.6) is 5.75 Å². The molecule has 0 bridgehead atoms. The second kappa shape index (κ2) is 6.45. The molecule has 3 rings (SSSR count). The number of anilines is 2. The van der Waals surface area contributed by atoms with E-state index in [9.17, 15) is 9.59 Å². The lowest BCUT2D eigenvalue weighted by Crippen LogP contribution is -2.11. The average Bonchev–Trinajstić information content (AvgIpc) is 2.99. The molecule has 0 aliphatic carbocycles. The number of benzene rings is 2. The summed E-state index contributed by atoms with van der Waals surface area (Å²) >= 11 is 0. The van der Waals surface area contributed by atoms with Crippen molar-refractivity contribution < 1.29 is 14.3 Å². The van der Waals surface area contributed by atoms with Crippen molar-refractivity contribution in [3.63, 3.8) is 0 Å². The van der Waals surface area contributed by atoms with Gasteiger partial charge in [-0.2, -0.15) is 0 Å². The molecule has 0 atom stereocenters. The number of aromatic nitrogens is 1. The fraction of sp³-hybridized carbons (Fsp3) is 0.111. The van der Waals surface area contributed by atoms with Gasteiger partial charge < -0.3 is 20.4 Å². The van der Waals surface area contributed by atoms with Crippen LogP contribution in [0.3, 0.4) is 0 Å². The first-order valence-corrected chi connectivity index (χ1v) is 7.41. The molecule has 24 heavy (non-hydrogen) atoms. The van der Waals surface area contributed by atoms with Crippen molar-refractivity contribution in [2.24, 2.45) is 0 Å². The van der Waals surface area contributed by atoms with Crippen LogP contribution < -0.4 is 15.4 Å². The fourth-order valence-electron chi connectivity index (χ4n) is 2.46. The highest BCUT2D eigenvalue weighted by molar-refractivity contribution is 6.13. The summed E-state index contributed by atoms with van der Waals surface area (Å²) in [5, 5.41) is 6.34. The minimum absolute atomic E-state index is 0.138. The normalized spacial score (nSPS) is 10.4. The van der Waals surface area contributed by atoms with Crippen molar-refractivity contribution in [3.05, 3.63) is 54.2 Å². The van der Waals surface area contributed by atoms with Gasteiger partial charge in [0.25, 0.3) is 5.91 Å². The molecule has 6 nitrogen and oxygen atoms in total. The fourth-order valence-corrected chi connectivity index (χ4v) is 2.46. The van der Waals surface area contributed by atoms with Crippen LogP contribution in [0.1, 0.15) is 17.3 Å². The van der Waals surface area contributed by atoms with Gasteiger partial charge in [0.15, 0.2) is 0 Å². The Morgan fingerprint density at radius 2 is 1.67 bits per heavy atom. The summed E-state index contributed by atoms with van der Waals surface area (Å²) in [6, 6.07) is 12.4. The maximum absolute atomic E-state index is 12.5. The third-order valence-corrected chi connectivity index (χ3v) is 3.60. The number of hydrogen-bond acceptors (Lipinski definition) is 3. The van der Waals surface area contributed by atoms with Crippen molar-refractivity contribution in [1.29, 1.82) is 0 Å². The quantitative estimate of drug-likeness (QED) is 0.688. The highest BCUT2D eigenvalue weighted by atomic mass is 16.5. The van der Waals surface area contributed by atoms with Gasteiger partial charge in [-0.3, -0.25) is 9.59 Å².